The summed E-state index contributed by atoms with van der Waals surface area (Å²) in [7, 11) is -2.75. The van der Waals surface area contributed by atoms with Crippen LogP contribution in [-0.2, 0) is 41.6 Å². The summed E-state index contributed by atoms with van der Waals surface area (Å²) in [6.07, 6.45) is -0.163. The molecule has 9 heteroatoms. The van der Waals surface area contributed by atoms with Gasteiger partial charge in [0.2, 0.25) is 5.91 Å². The molecule has 8 nitrogen and oxygen atoms in total. The van der Waals surface area contributed by atoms with Crippen LogP contribution in [0.4, 0.5) is 5.69 Å². The van der Waals surface area contributed by atoms with Gasteiger partial charge in [-0.1, -0.05) is 24.3 Å². The van der Waals surface area contributed by atoms with Gasteiger partial charge in [0.15, 0.2) is 0 Å². The molecule has 31 heavy (non-hydrogen) atoms. The first-order valence-electron chi connectivity index (χ1n) is 9.98. The van der Waals surface area contributed by atoms with E-state index in [1.165, 1.54) is 13.2 Å². The number of anilines is 1. The first-order valence-corrected chi connectivity index (χ1v) is 11.4. The van der Waals surface area contributed by atoms with E-state index in [9.17, 15) is 18.0 Å². The Bertz CT molecular complexity index is 1220. The predicted molar refractivity (Wildman–Crippen MR) is 109 cm³/mol. The van der Waals surface area contributed by atoms with Crippen molar-refractivity contribution < 1.29 is 31.7 Å². The van der Waals surface area contributed by atoms with Gasteiger partial charge in [-0.25, -0.2) is 0 Å². The van der Waals surface area contributed by atoms with Gasteiger partial charge in [0, 0.05) is 12.0 Å². The van der Waals surface area contributed by atoms with Crippen LogP contribution in [0.5, 0.6) is 5.75 Å². The highest BCUT2D eigenvalue weighted by atomic mass is 32.2. The smallest absolute Gasteiger partial charge is 0.306 e. The van der Waals surface area contributed by atoms with E-state index in [2.05, 4.69) is 0 Å². The summed E-state index contributed by atoms with van der Waals surface area (Å²) in [4.78, 5) is 27.2. The molecule has 0 N–H and O–H groups in total. The van der Waals surface area contributed by atoms with E-state index in [1.54, 1.807) is 23.1 Å². The monoisotopic (exact) mass is 443 g/mol. The lowest BCUT2D eigenvalue weighted by molar-refractivity contribution is -0.142. The summed E-state index contributed by atoms with van der Waals surface area (Å²) in [5, 5.41) is 0. The molecule has 1 amide bonds. The normalized spacial score (nSPS) is 23.0. The lowest BCUT2D eigenvalue weighted by Gasteiger charge is -2.22. The Labute approximate surface area is 179 Å². The van der Waals surface area contributed by atoms with Crippen molar-refractivity contribution in [1.82, 2.24) is 0 Å². The minimum absolute atomic E-state index is 0.0213. The fraction of sp³-hybridized carbons (Fsp3) is 0.364. The molecule has 2 atom stereocenters. The van der Waals surface area contributed by atoms with Crippen molar-refractivity contribution in [3.05, 3.63) is 52.6 Å². The molecule has 162 valence electrons. The number of rotatable bonds is 2. The van der Waals surface area contributed by atoms with Crippen molar-refractivity contribution in [1.29, 1.82) is 0 Å². The molecule has 0 spiro atoms. The molecule has 0 fully saturated rings. The second-order valence-corrected chi connectivity index (χ2v) is 9.58. The van der Waals surface area contributed by atoms with Crippen LogP contribution in [0, 0.1) is 6.92 Å². The van der Waals surface area contributed by atoms with Gasteiger partial charge in [-0.2, -0.15) is 8.42 Å². The van der Waals surface area contributed by atoms with Crippen molar-refractivity contribution in [3.63, 3.8) is 0 Å². The minimum atomic E-state index is -4.04. The lowest BCUT2D eigenvalue weighted by Crippen LogP contribution is -2.30. The van der Waals surface area contributed by atoms with Crippen LogP contribution >= 0.6 is 0 Å². The van der Waals surface area contributed by atoms with Gasteiger partial charge < -0.3 is 14.4 Å². The summed E-state index contributed by atoms with van der Waals surface area (Å²) in [5.41, 5.74) is 3.55. The van der Waals surface area contributed by atoms with Crippen molar-refractivity contribution in [2.75, 3.05) is 18.6 Å². The molecule has 3 aliphatic rings. The Kier molecular flexibility index (Phi) is 4.56. The van der Waals surface area contributed by atoms with Gasteiger partial charge in [0.25, 0.3) is 10.1 Å². The maximum absolute atomic E-state index is 13.5. The summed E-state index contributed by atoms with van der Waals surface area (Å²) < 4.78 is 42.0. The molecule has 2 aromatic rings. The van der Waals surface area contributed by atoms with Gasteiger partial charge in [0.1, 0.15) is 18.5 Å². The lowest BCUT2D eigenvalue weighted by atomic mass is 9.92. The van der Waals surface area contributed by atoms with E-state index in [1.807, 2.05) is 13.0 Å². The highest BCUT2D eigenvalue weighted by Crippen LogP contribution is 2.51. The van der Waals surface area contributed by atoms with E-state index < -0.39 is 28.1 Å². The Morgan fingerprint density at radius 2 is 2.03 bits per heavy atom. The molecule has 0 radical (unpaired) electrons. The zero-order valence-corrected chi connectivity index (χ0v) is 17.9. The molecule has 5 bridgehead atoms. The van der Waals surface area contributed by atoms with Crippen molar-refractivity contribution in [2.45, 2.75) is 43.2 Å². The maximum atomic E-state index is 13.5. The third kappa shape index (κ3) is 3.11. The number of ether oxygens (including phenoxy) is 2. The Morgan fingerprint density at radius 1 is 1.26 bits per heavy atom. The average molecular weight is 443 g/mol. The van der Waals surface area contributed by atoms with E-state index in [0.717, 1.165) is 11.1 Å². The number of methoxy groups -OCH3 is 1. The zero-order chi connectivity index (χ0) is 21.9. The predicted octanol–water partition coefficient (Wildman–Crippen LogP) is 2.21. The zero-order valence-electron chi connectivity index (χ0n) is 17.1. The number of benzene rings is 2. The number of hydrogen-bond donors (Lipinski definition) is 0. The van der Waals surface area contributed by atoms with Gasteiger partial charge in [-0.15, -0.1) is 0 Å². The molecular weight excluding hydrogens is 422 g/mol. The molecule has 2 aromatic carbocycles. The first kappa shape index (κ1) is 20.0. The second kappa shape index (κ2) is 7.06. The summed E-state index contributed by atoms with van der Waals surface area (Å²) in [5.74, 6) is -0.978. The average Bonchev–Trinajstić information content (AvgIpc) is 3.26. The molecule has 2 unspecified atom stereocenters. The third-order valence-corrected chi connectivity index (χ3v) is 7.43. The van der Waals surface area contributed by atoms with E-state index in [4.69, 9.17) is 13.7 Å². The van der Waals surface area contributed by atoms with Crippen molar-refractivity contribution >= 4 is 27.7 Å². The van der Waals surface area contributed by atoms with E-state index >= 15 is 0 Å². The third-order valence-electron chi connectivity index (χ3n) is 6.05. The molecule has 0 saturated heterocycles. The van der Waals surface area contributed by atoms with Crippen LogP contribution < -0.4 is 9.64 Å². The van der Waals surface area contributed by atoms with Crippen LogP contribution in [0.15, 0.2) is 35.2 Å². The summed E-state index contributed by atoms with van der Waals surface area (Å²) >= 11 is 0. The van der Waals surface area contributed by atoms with Gasteiger partial charge in [0.05, 0.1) is 36.6 Å². The molecule has 0 aliphatic carbocycles. The van der Waals surface area contributed by atoms with Crippen LogP contribution in [0.3, 0.4) is 0 Å². The van der Waals surface area contributed by atoms with Gasteiger partial charge in [-0.3, -0.25) is 13.8 Å². The fourth-order valence-electron chi connectivity index (χ4n) is 4.70. The second-order valence-electron chi connectivity index (χ2n) is 7.99. The highest BCUT2D eigenvalue weighted by molar-refractivity contribution is 7.86. The van der Waals surface area contributed by atoms with Crippen LogP contribution in [-0.4, -0.2) is 40.1 Å². The highest BCUT2D eigenvalue weighted by Gasteiger charge is 2.45. The number of esters is 1. The van der Waals surface area contributed by atoms with Gasteiger partial charge >= 0.3 is 5.97 Å². The molecule has 0 saturated carbocycles. The number of carbonyl (C=O) groups excluding carboxylic acids is 2. The van der Waals surface area contributed by atoms with Crippen molar-refractivity contribution in [2.24, 2.45) is 0 Å². The van der Waals surface area contributed by atoms with Crippen LogP contribution in [0.1, 0.15) is 34.6 Å². The quantitative estimate of drug-likeness (QED) is 0.518. The summed E-state index contributed by atoms with van der Waals surface area (Å²) in [6.45, 7) is 1.80. The number of aryl methyl sites for hydroxylation is 1. The fourth-order valence-corrected chi connectivity index (χ4v) is 5.86. The topological polar surface area (TPSA) is 99.2 Å². The van der Waals surface area contributed by atoms with E-state index in [0.29, 0.717) is 29.0 Å². The van der Waals surface area contributed by atoms with Gasteiger partial charge in [-0.05, 0) is 29.7 Å². The first-order chi connectivity index (χ1) is 14.8. The van der Waals surface area contributed by atoms with E-state index in [-0.39, 0.29) is 30.4 Å². The van der Waals surface area contributed by atoms with Crippen LogP contribution in [0.25, 0.3) is 0 Å². The minimum Gasteiger partial charge on any atom is -0.487 e. The molecule has 5 rings (SSSR count). The molecule has 3 heterocycles. The largest absolute Gasteiger partial charge is 0.487 e. The number of amides is 1. The molecule has 3 aliphatic heterocycles. The van der Waals surface area contributed by atoms with Crippen molar-refractivity contribution in [3.8, 4) is 5.75 Å². The SMILES string of the molecule is COC(=O)CC1C(=O)N2Cc3ccccc3S(=O)(=O)OCC3Cc4cc(C)c2c1c4O3. The Morgan fingerprint density at radius 3 is 2.81 bits per heavy atom. The molecule has 0 aromatic heterocycles. The maximum Gasteiger partial charge on any atom is 0.306 e. The number of nitrogens with zero attached hydrogens (tertiary/aromatic N) is 1. The number of hydrogen-bond acceptors (Lipinski definition) is 7. The Hall–Kier alpha value is -2.91. The summed E-state index contributed by atoms with van der Waals surface area (Å²) in [6, 6.07) is 8.44. The number of carbonyl (C=O) groups is 2. The van der Waals surface area contributed by atoms with Crippen LogP contribution in [0.2, 0.25) is 0 Å². The Balaban J connectivity index is 1.73. The molecular formula is C22H21NO7S. The number of fused-ring (bicyclic) bond motifs is 2. The standard InChI is InChI=1S/C22H21NO7S/c1-12-7-14-8-15-11-29-31(26,27)17-6-4-3-5-13(17)10-23-20(12)19(21(14)30-15)16(22(23)25)9-18(24)28-2/h3-7,15-16H,8-11H2,1-2H3.